The topological polar surface area (TPSA) is 66.0 Å². The van der Waals surface area contributed by atoms with Crippen LogP contribution in [0.2, 0.25) is 5.02 Å². The highest BCUT2D eigenvalue weighted by atomic mass is 127. The maximum Gasteiger partial charge on any atom is 0.253 e. The number of carbonyl (C=O) groups excluding carboxylic acids is 1. The first-order valence-corrected chi connectivity index (χ1v) is 10.6. The molecule has 8 heteroatoms. The van der Waals surface area contributed by atoms with E-state index < -0.39 is 0 Å². The Kier molecular flexibility index (Phi) is 12.3. The normalized spacial score (nSPS) is 11.8. The molecule has 0 heterocycles. The number of hydrogen-bond donors (Lipinski definition) is 2. The Morgan fingerprint density at radius 3 is 2.23 bits per heavy atom. The van der Waals surface area contributed by atoms with Crippen LogP contribution in [0.5, 0.6) is 5.75 Å². The van der Waals surface area contributed by atoms with Gasteiger partial charge >= 0.3 is 0 Å². The van der Waals surface area contributed by atoms with Crippen LogP contribution in [-0.4, -0.2) is 49.6 Å². The molecule has 2 N–H and O–H groups in total. The molecule has 0 aromatic heterocycles. The molecule has 2 aromatic rings. The van der Waals surface area contributed by atoms with Crippen LogP contribution >= 0.6 is 35.6 Å². The lowest BCUT2D eigenvalue weighted by molar-refractivity contribution is 0.0773. The lowest BCUT2D eigenvalue weighted by Gasteiger charge is -2.19. The molecule has 2 rings (SSSR count). The first kappa shape index (κ1) is 27.0. The highest BCUT2D eigenvalue weighted by Gasteiger charge is 2.12. The number of benzene rings is 2. The first-order chi connectivity index (χ1) is 14.5. The summed E-state index contributed by atoms with van der Waals surface area (Å²) in [5.74, 6) is 1.52. The van der Waals surface area contributed by atoms with E-state index in [1.807, 2.05) is 62.1 Å². The van der Waals surface area contributed by atoms with Gasteiger partial charge in [-0.05, 0) is 62.7 Å². The molecular formula is C23H32ClIN4O2. The van der Waals surface area contributed by atoms with Gasteiger partial charge in [0.2, 0.25) is 0 Å². The SMILES string of the molecule is CCN(CC)C(=O)c1ccc(CNC(=NC)NCC(C)Oc2ccc(Cl)cc2)cc1.I. The summed E-state index contributed by atoms with van der Waals surface area (Å²) in [6.45, 7) is 8.58. The third kappa shape index (κ3) is 8.95. The molecule has 170 valence electrons. The van der Waals surface area contributed by atoms with Gasteiger partial charge in [-0.1, -0.05) is 23.7 Å². The van der Waals surface area contributed by atoms with Crippen molar-refractivity contribution >= 4 is 47.4 Å². The molecule has 0 saturated carbocycles. The van der Waals surface area contributed by atoms with Gasteiger partial charge in [-0.25, -0.2) is 0 Å². The number of nitrogens with zero attached hydrogens (tertiary/aromatic N) is 2. The average Bonchev–Trinajstić information content (AvgIpc) is 2.76. The van der Waals surface area contributed by atoms with Crippen LogP contribution in [0.1, 0.15) is 36.7 Å². The number of carbonyl (C=O) groups is 1. The van der Waals surface area contributed by atoms with Crippen LogP contribution in [0.25, 0.3) is 0 Å². The molecular weight excluding hydrogens is 527 g/mol. The second-order valence-electron chi connectivity index (χ2n) is 6.86. The van der Waals surface area contributed by atoms with Gasteiger partial charge in [0, 0.05) is 37.3 Å². The molecule has 2 aromatic carbocycles. The zero-order valence-electron chi connectivity index (χ0n) is 18.5. The highest BCUT2D eigenvalue weighted by molar-refractivity contribution is 14.0. The predicted octanol–water partition coefficient (Wildman–Crippen LogP) is 4.57. The van der Waals surface area contributed by atoms with E-state index in [0.717, 1.165) is 11.3 Å². The summed E-state index contributed by atoms with van der Waals surface area (Å²) in [5.41, 5.74) is 1.78. The van der Waals surface area contributed by atoms with Gasteiger partial charge in [-0.2, -0.15) is 0 Å². The van der Waals surface area contributed by atoms with Crippen molar-refractivity contribution < 1.29 is 9.53 Å². The number of halogens is 2. The number of ether oxygens (including phenoxy) is 1. The summed E-state index contributed by atoms with van der Waals surface area (Å²) >= 11 is 5.90. The van der Waals surface area contributed by atoms with E-state index in [0.29, 0.717) is 42.7 Å². The summed E-state index contributed by atoms with van der Waals surface area (Å²) in [4.78, 5) is 18.4. The second-order valence-corrected chi connectivity index (χ2v) is 7.30. The number of guanidine groups is 1. The summed E-state index contributed by atoms with van der Waals surface area (Å²) in [6, 6.07) is 15.0. The molecule has 31 heavy (non-hydrogen) atoms. The standard InChI is InChI=1S/C23H31ClN4O2.HI/c1-5-28(6-2)22(29)19-9-7-18(8-10-19)16-27-23(25-4)26-15-17(3)30-21-13-11-20(24)12-14-21;/h7-14,17H,5-6,15-16H2,1-4H3,(H2,25,26,27);1H. The number of amides is 1. The Bertz CT molecular complexity index is 824. The molecule has 1 unspecified atom stereocenters. The van der Waals surface area contributed by atoms with Gasteiger partial charge in [0.1, 0.15) is 11.9 Å². The number of rotatable bonds is 9. The molecule has 0 spiro atoms. The third-order valence-corrected chi connectivity index (χ3v) is 4.89. The van der Waals surface area contributed by atoms with Gasteiger partial charge in [0.05, 0.1) is 6.54 Å². The van der Waals surface area contributed by atoms with Gasteiger partial charge in [0.15, 0.2) is 5.96 Å². The molecule has 0 radical (unpaired) electrons. The molecule has 1 atom stereocenters. The maximum absolute atomic E-state index is 12.4. The fourth-order valence-electron chi connectivity index (χ4n) is 2.89. The van der Waals surface area contributed by atoms with Gasteiger partial charge in [0.25, 0.3) is 5.91 Å². The minimum atomic E-state index is -0.0462. The van der Waals surface area contributed by atoms with Gasteiger partial charge in [-0.15, -0.1) is 24.0 Å². The molecule has 0 bridgehead atoms. The van der Waals surface area contributed by atoms with Crippen molar-refractivity contribution in [1.29, 1.82) is 0 Å². The predicted molar refractivity (Wildman–Crippen MR) is 139 cm³/mol. The first-order valence-electron chi connectivity index (χ1n) is 10.2. The molecule has 6 nitrogen and oxygen atoms in total. The van der Waals surface area contributed by atoms with Gasteiger partial charge < -0.3 is 20.3 Å². The van der Waals surface area contributed by atoms with E-state index >= 15 is 0 Å². The second kappa shape index (κ2) is 14.1. The molecule has 0 aliphatic heterocycles. The number of nitrogens with one attached hydrogen (secondary N) is 2. The fraction of sp³-hybridized carbons (Fsp3) is 0.391. The Morgan fingerprint density at radius 2 is 1.68 bits per heavy atom. The smallest absolute Gasteiger partial charge is 0.253 e. The molecule has 0 aliphatic carbocycles. The molecule has 1 amide bonds. The third-order valence-electron chi connectivity index (χ3n) is 4.64. The van der Waals surface area contributed by atoms with Crippen LogP contribution in [-0.2, 0) is 6.54 Å². The lowest BCUT2D eigenvalue weighted by atomic mass is 10.1. The maximum atomic E-state index is 12.4. The van der Waals surface area contributed by atoms with E-state index in [4.69, 9.17) is 16.3 Å². The molecule has 0 aliphatic rings. The van der Waals surface area contributed by atoms with E-state index in [1.165, 1.54) is 0 Å². The Balaban J connectivity index is 0.00000480. The Morgan fingerprint density at radius 1 is 1.06 bits per heavy atom. The minimum Gasteiger partial charge on any atom is -0.489 e. The van der Waals surface area contributed by atoms with Crippen molar-refractivity contribution in [1.82, 2.24) is 15.5 Å². The average molecular weight is 559 g/mol. The summed E-state index contributed by atoms with van der Waals surface area (Å²) < 4.78 is 5.86. The van der Waals surface area contributed by atoms with Crippen LogP contribution < -0.4 is 15.4 Å². The van der Waals surface area contributed by atoms with Crippen LogP contribution in [0, 0.1) is 0 Å². The van der Waals surface area contributed by atoms with Crippen molar-refractivity contribution in [3.63, 3.8) is 0 Å². The quantitative estimate of drug-likeness (QED) is 0.269. The van der Waals surface area contributed by atoms with Gasteiger partial charge in [-0.3, -0.25) is 9.79 Å². The van der Waals surface area contributed by atoms with Crippen molar-refractivity contribution in [3.8, 4) is 5.75 Å². The monoisotopic (exact) mass is 558 g/mol. The fourth-order valence-corrected chi connectivity index (χ4v) is 3.02. The highest BCUT2D eigenvalue weighted by Crippen LogP contribution is 2.16. The lowest BCUT2D eigenvalue weighted by Crippen LogP contribution is -2.41. The molecule has 0 saturated heterocycles. The van der Waals surface area contributed by atoms with Crippen LogP contribution in [0.15, 0.2) is 53.5 Å². The number of aliphatic imine (C=N–C) groups is 1. The van der Waals surface area contributed by atoms with E-state index in [1.54, 1.807) is 19.2 Å². The number of hydrogen-bond acceptors (Lipinski definition) is 3. The van der Waals surface area contributed by atoms with Crippen LogP contribution in [0.3, 0.4) is 0 Å². The van der Waals surface area contributed by atoms with Crippen LogP contribution in [0.4, 0.5) is 0 Å². The zero-order valence-corrected chi connectivity index (χ0v) is 21.6. The zero-order chi connectivity index (χ0) is 21.9. The van der Waals surface area contributed by atoms with Crippen molar-refractivity contribution in [2.45, 2.75) is 33.4 Å². The van der Waals surface area contributed by atoms with E-state index in [9.17, 15) is 4.79 Å². The summed E-state index contributed by atoms with van der Waals surface area (Å²) in [7, 11) is 1.73. The van der Waals surface area contributed by atoms with Crippen molar-refractivity contribution in [2.24, 2.45) is 4.99 Å². The van der Waals surface area contributed by atoms with E-state index in [2.05, 4.69) is 15.6 Å². The Labute approximate surface area is 207 Å². The van der Waals surface area contributed by atoms with E-state index in [-0.39, 0.29) is 36.0 Å². The van der Waals surface area contributed by atoms with Crippen molar-refractivity contribution in [3.05, 3.63) is 64.7 Å². The molecule has 0 fully saturated rings. The summed E-state index contributed by atoms with van der Waals surface area (Å²) in [6.07, 6.45) is -0.0462. The van der Waals surface area contributed by atoms with Crippen molar-refractivity contribution in [2.75, 3.05) is 26.7 Å². The minimum absolute atomic E-state index is 0. The summed E-state index contributed by atoms with van der Waals surface area (Å²) in [5, 5.41) is 7.22. The largest absolute Gasteiger partial charge is 0.489 e. The Hall–Kier alpha value is -2.00.